The zero-order valence-corrected chi connectivity index (χ0v) is 16.7. The number of esters is 1. The standard InChI is InChI=1S/C22H26N2O3S/c25-21(17-27-22(26)13-16-28-20-7-3-1-4-8-20)23-18-9-11-19(12-10-18)24-14-5-2-6-15-24/h1,3-4,7-12H,2,5-6,13-17H2,(H,23,25). The van der Waals surface area contributed by atoms with Gasteiger partial charge in [0.1, 0.15) is 0 Å². The number of carbonyl (C=O) groups is 2. The molecule has 1 fully saturated rings. The van der Waals surface area contributed by atoms with Crippen molar-refractivity contribution in [3.05, 3.63) is 54.6 Å². The minimum Gasteiger partial charge on any atom is -0.456 e. The van der Waals surface area contributed by atoms with E-state index in [0.717, 1.165) is 18.0 Å². The predicted octanol–water partition coefficient (Wildman–Crippen LogP) is 4.34. The van der Waals surface area contributed by atoms with Gasteiger partial charge in [-0.3, -0.25) is 9.59 Å². The number of ether oxygens (including phenoxy) is 1. The van der Waals surface area contributed by atoms with Crippen molar-refractivity contribution in [2.24, 2.45) is 0 Å². The Morgan fingerprint density at radius 3 is 2.39 bits per heavy atom. The molecule has 1 N–H and O–H groups in total. The molecule has 0 bridgehead atoms. The maximum atomic E-state index is 12.0. The lowest BCUT2D eigenvalue weighted by Gasteiger charge is -2.28. The molecule has 1 amide bonds. The maximum absolute atomic E-state index is 12.0. The third-order valence-electron chi connectivity index (χ3n) is 4.55. The Morgan fingerprint density at radius 1 is 0.964 bits per heavy atom. The van der Waals surface area contributed by atoms with Gasteiger partial charge in [-0.05, 0) is 55.7 Å². The quantitative estimate of drug-likeness (QED) is 0.529. The van der Waals surface area contributed by atoms with E-state index in [1.165, 1.54) is 24.9 Å². The molecular weight excluding hydrogens is 372 g/mol. The maximum Gasteiger partial charge on any atom is 0.307 e. The lowest BCUT2D eigenvalue weighted by molar-refractivity contribution is -0.146. The fourth-order valence-corrected chi connectivity index (χ4v) is 3.95. The average Bonchev–Trinajstić information content (AvgIpc) is 2.74. The van der Waals surface area contributed by atoms with Crippen molar-refractivity contribution in [2.45, 2.75) is 30.6 Å². The van der Waals surface area contributed by atoms with E-state index in [9.17, 15) is 9.59 Å². The van der Waals surface area contributed by atoms with E-state index in [1.807, 2.05) is 54.6 Å². The average molecular weight is 399 g/mol. The Balaban J connectivity index is 1.35. The van der Waals surface area contributed by atoms with E-state index in [0.29, 0.717) is 11.4 Å². The van der Waals surface area contributed by atoms with E-state index in [4.69, 9.17) is 4.74 Å². The molecule has 2 aromatic rings. The monoisotopic (exact) mass is 398 g/mol. The molecule has 0 atom stereocenters. The van der Waals surface area contributed by atoms with Gasteiger partial charge in [0.2, 0.25) is 0 Å². The zero-order chi connectivity index (χ0) is 19.6. The SMILES string of the molecule is O=C(COC(=O)CCSc1ccccc1)Nc1ccc(N2CCCCC2)cc1. The zero-order valence-electron chi connectivity index (χ0n) is 15.9. The Labute approximate surface area is 170 Å². The number of piperidine rings is 1. The number of carbonyl (C=O) groups excluding carboxylic acids is 2. The van der Waals surface area contributed by atoms with Gasteiger partial charge < -0.3 is 15.0 Å². The molecule has 0 saturated carbocycles. The van der Waals surface area contributed by atoms with Crippen molar-refractivity contribution in [3.8, 4) is 0 Å². The van der Waals surface area contributed by atoms with Gasteiger partial charge in [-0.2, -0.15) is 0 Å². The van der Waals surface area contributed by atoms with Crippen LogP contribution in [0.1, 0.15) is 25.7 Å². The van der Waals surface area contributed by atoms with Crippen LogP contribution in [0.2, 0.25) is 0 Å². The first-order chi connectivity index (χ1) is 13.7. The molecule has 0 radical (unpaired) electrons. The van der Waals surface area contributed by atoms with Gasteiger partial charge in [0.25, 0.3) is 5.91 Å². The summed E-state index contributed by atoms with van der Waals surface area (Å²) in [5, 5.41) is 2.77. The van der Waals surface area contributed by atoms with Crippen LogP contribution in [-0.4, -0.2) is 37.3 Å². The van der Waals surface area contributed by atoms with Gasteiger partial charge in [0.05, 0.1) is 6.42 Å². The van der Waals surface area contributed by atoms with Crippen molar-refractivity contribution in [2.75, 3.05) is 35.7 Å². The molecule has 1 heterocycles. The van der Waals surface area contributed by atoms with Crippen LogP contribution in [0.4, 0.5) is 11.4 Å². The molecule has 2 aromatic carbocycles. The largest absolute Gasteiger partial charge is 0.456 e. The molecule has 1 aliphatic rings. The number of amides is 1. The van der Waals surface area contributed by atoms with Gasteiger partial charge in [-0.1, -0.05) is 18.2 Å². The molecule has 6 heteroatoms. The Kier molecular flexibility index (Phi) is 7.79. The van der Waals surface area contributed by atoms with Gasteiger partial charge in [0, 0.05) is 35.1 Å². The summed E-state index contributed by atoms with van der Waals surface area (Å²) in [6, 6.07) is 17.7. The van der Waals surface area contributed by atoms with E-state index in [-0.39, 0.29) is 24.9 Å². The number of hydrogen-bond acceptors (Lipinski definition) is 5. The van der Waals surface area contributed by atoms with Crippen molar-refractivity contribution in [1.29, 1.82) is 0 Å². The lowest BCUT2D eigenvalue weighted by atomic mass is 10.1. The molecule has 5 nitrogen and oxygen atoms in total. The fraction of sp³-hybridized carbons (Fsp3) is 0.364. The second-order valence-electron chi connectivity index (χ2n) is 6.71. The van der Waals surface area contributed by atoms with Crippen molar-refractivity contribution in [1.82, 2.24) is 0 Å². The smallest absolute Gasteiger partial charge is 0.307 e. The summed E-state index contributed by atoms with van der Waals surface area (Å²) in [6.45, 7) is 1.91. The molecule has 0 unspecified atom stereocenters. The first-order valence-corrected chi connectivity index (χ1v) is 10.7. The Morgan fingerprint density at radius 2 is 1.68 bits per heavy atom. The number of rotatable bonds is 8. The first-order valence-electron chi connectivity index (χ1n) is 9.69. The third kappa shape index (κ3) is 6.60. The molecule has 148 valence electrons. The summed E-state index contributed by atoms with van der Waals surface area (Å²) >= 11 is 1.59. The highest BCUT2D eigenvalue weighted by Crippen LogP contribution is 2.22. The lowest BCUT2D eigenvalue weighted by Crippen LogP contribution is -2.29. The minimum atomic E-state index is -0.362. The molecule has 0 aromatic heterocycles. The van der Waals surface area contributed by atoms with Gasteiger partial charge >= 0.3 is 5.97 Å². The van der Waals surface area contributed by atoms with Crippen LogP contribution >= 0.6 is 11.8 Å². The fourth-order valence-electron chi connectivity index (χ4n) is 3.09. The molecular formula is C22H26N2O3S. The van der Waals surface area contributed by atoms with Crippen molar-refractivity contribution in [3.63, 3.8) is 0 Å². The molecule has 3 rings (SSSR count). The summed E-state index contributed by atoms with van der Waals surface area (Å²) in [4.78, 5) is 27.3. The summed E-state index contributed by atoms with van der Waals surface area (Å²) in [5.41, 5.74) is 1.89. The van der Waals surface area contributed by atoms with Crippen LogP contribution in [0.15, 0.2) is 59.5 Å². The molecule has 1 saturated heterocycles. The van der Waals surface area contributed by atoms with E-state index < -0.39 is 0 Å². The van der Waals surface area contributed by atoms with Crippen LogP contribution in [0.5, 0.6) is 0 Å². The van der Waals surface area contributed by atoms with Gasteiger partial charge in [-0.25, -0.2) is 0 Å². The summed E-state index contributed by atoms with van der Waals surface area (Å²) < 4.78 is 5.06. The number of nitrogens with one attached hydrogen (secondary N) is 1. The van der Waals surface area contributed by atoms with Gasteiger partial charge in [-0.15, -0.1) is 11.8 Å². The number of thioether (sulfide) groups is 1. The number of benzene rings is 2. The van der Waals surface area contributed by atoms with E-state index >= 15 is 0 Å². The summed E-state index contributed by atoms with van der Waals surface area (Å²) in [7, 11) is 0. The molecule has 0 aliphatic carbocycles. The van der Waals surface area contributed by atoms with Crippen LogP contribution in [0.25, 0.3) is 0 Å². The number of anilines is 2. The highest BCUT2D eigenvalue weighted by Gasteiger charge is 2.12. The second kappa shape index (κ2) is 10.8. The topological polar surface area (TPSA) is 58.6 Å². The van der Waals surface area contributed by atoms with Crippen LogP contribution in [0, 0.1) is 0 Å². The van der Waals surface area contributed by atoms with Gasteiger partial charge in [0.15, 0.2) is 6.61 Å². The highest BCUT2D eigenvalue weighted by molar-refractivity contribution is 7.99. The Hall–Kier alpha value is -2.47. The van der Waals surface area contributed by atoms with Crippen molar-refractivity contribution < 1.29 is 14.3 Å². The second-order valence-corrected chi connectivity index (χ2v) is 7.88. The number of hydrogen-bond donors (Lipinski definition) is 1. The normalized spacial score (nSPS) is 13.8. The third-order valence-corrected chi connectivity index (χ3v) is 5.57. The summed E-state index contributed by atoms with van der Waals surface area (Å²) in [6.07, 6.45) is 4.03. The molecule has 1 aliphatic heterocycles. The predicted molar refractivity (Wildman–Crippen MR) is 114 cm³/mol. The Bertz CT molecular complexity index is 759. The van der Waals surface area contributed by atoms with Crippen LogP contribution in [-0.2, 0) is 14.3 Å². The van der Waals surface area contributed by atoms with E-state index in [1.54, 1.807) is 11.8 Å². The highest BCUT2D eigenvalue weighted by atomic mass is 32.2. The molecule has 0 spiro atoms. The van der Waals surface area contributed by atoms with Crippen LogP contribution in [0.3, 0.4) is 0 Å². The molecule has 28 heavy (non-hydrogen) atoms. The summed E-state index contributed by atoms with van der Waals surface area (Å²) in [5.74, 6) is -0.0589. The van der Waals surface area contributed by atoms with Crippen molar-refractivity contribution >= 4 is 35.0 Å². The van der Waals surface area contributed by atoms with E-state index in [2.05, 4.69) is 10.2 Å². The first kappa shape index (κ1) is 20.3. The minimum absolute atomic E-state index is 0.261. The number of nitrogens with zero attached hydrogens (tertiary/aromatic N) is 1. The van der Waals surface area contributed by atoms with Crippen LogP contribution < -0.4 is 10.2 Å².